The van der Waals surface area contributed by atoms with Crippen LogP contribution in [-0.2, 0) is 6.54 Å². The second-order valence-electron chi connectivity index (χ2n) is 3.87. The summed E-state index contributed by atoms with van der Waals surface area (Å²) < 4.78 is 1.74. The average molecular weight is 209 g/mol. The fourth-order valence-electron chi connectivity index (χ4n) is 1.54. The molecule has 0 amide bonds. The number of aliphatic hydroxyl groups excluding tert-OH is 1. The highest BCUT2D eigenvalue weighted by molar-refractivity contribution is 5.07. The van der Waals surface area contributed by atoms with Crippen molar-refractivity contribution in [1.82, 2.24) is 4.57 Å². The zero-order chi connectivity index (χ0) is 11.1. The first-order valence-corrected chi connectivity index (χ1v) is 5.52. The summed E-state index contributed by atoms with van der Waals surface area (Å²) in [4.78, 5) is 11.5. The molecule has 0 aliphatic rings. The molecule has 0 aliphatic heterocycles. The van der Waals surface area contributed by atoms with Crippen LogP contribution in [0.3, 0.4) is 0 Å². The Morgan fingerprint density at radius 3 is 2.67 bits per heavy atom. The standard InChI is InChI=1S/C12H19NO2/c1-11-6-8-13(12(15)10-11)7-4-2-3-5-9-14/h6,8,10,14H,2-5,7,9H2,1H3. The fraction of sp³-hybridized carbons (Fsp3) is 0.583. The Kier molecular flexibility index (Phi) is 5.12. The van der Waals surface area contributed by atoms with E-state index in [0.717, 1.165) is 37.8 Å². The third-order valence-electron chi connectivity index (χ3n) is 2.46. The quantitative estimate of drug-likeness (QED) is 0.725. The molecule has 84 valence electrons. The van der Waals surface area contributed by atoms with E-state index in [1.807, 2.05) is 19.2 Å². The summed E-state index contributed by atoms with van der Waals surface area (Å²) in [5.41, 5.74) is 1.09. The summed E-state index contributed by atoms with van der Waals surface area (Å²) in [6.07, 6.45) is 5.83. The lowest BCUT2D eigenvalue weighted by molar-refractivity contribution is 0.282. The maximum absolute atomic E-state index is 11.5. The lowest BCUT2D eigenvalue weighted by atomic mass is 10.2. The van der Waals surface area contributed by atoms with E-state index in [9.17, 15) is 4.79 Å². The molecule has 0 unspecified atom stereocenters. The summed E-state index contributed by atoms with van der Waals surface area (Å²) in [7, 11) is 0. The lowest BCUT2D eigenvalue weighted by Gasteiger charge is -2.05. The largest absolute Gasteiger partial charge is 0.396 e. The summed E-state index contributed by atoms with van der Waals surface area (Å²) in [6, 6.07) is 3.61. The smallest absolute Gasteiger partial charge is 0.250 e. The van der Waals surface area contributed by atoms with Gasteiger partial charge in [-0.25, -0.2) is 0 Å². The molecular formula is C12H19NO2. The van der Waals surface area contributed by atoms with Gasteiger partial charge < -0.3 is 9.67 Å². The number of aliphatic hydroxyl groups is 1. The Labute approximate surface area is 90.4 Å². The van der Waals surface area contributed by atoms with Crippen LogP contribution in [0.1, 0.15) is 31.2 Å². The molecule has 0 aromatic carbocycles. The predicted molar refractivity (Wildman–Crippen MR) is 61.0 cm³/mol. The summed E-state index contributed by atoms with van der Waals surface area (Å²) in [6.45, 7) is 2.97. The zero-order valence-electron chi connectivity index (χ0n) is 9.28. The number of aromatic nitrogens is 1. The second-order valence-corrected chi connectivity index (χ2v) is 3.87. The molecule has 0 radical (unpaired) electrons. The van der Waals surface area contributed by atoms with Gasteiger partial charge in [0.1, 0.15) is 0 Å². The van der Waals surface area contributed by atoms with Crippen LogP contribution in [0.5, 0.6) is 0 Å². The number of nitrogens with zero attached hydrogens (tertiary/aromatic N) is 1. The summed E-state index contributed by atoms with van der Waals surface area (Å²) >= 11 is 0. The maximum Gasteiger partial charge on any atom is 0.250 e. The van der Waals surface area contributed by atoms with Crippen LogP contribution < -0.4 is 5.56 Å². The molecule has 15 heavy (non-hydrogen) atoms. The lowest BCUT2D eigenvalue weighted by Crippen LogP contribution is -2.18. The molecule has 1 rings (SSSR count). The minimum atomic E-state index is 0.0807. The predicted octanol–water partition coefficient (Wildman–Crippen LogP) is 1.71. The molecule has 1 heterocycles. The molecule has 1 aromatic heterocycles. The van der Waals surface area contributed by atoms with Crippen molar-refractivity contribution in [2.45, 2.75) is 39.2 Å². The molecule has 0 saturated heterocycles. The van der Waals surface area contributed by atoms with Crippen LogP contribution in [0.15, 0.2) is 23.1 Å². The summed E-state index contributed by atoms with van der Waals surface area (Å²) in [5.74, 6) is 0. The van der Waals surface area contributed by atoms with E-state index in [4.69, 9.17) is 5.11 Å². The van der Waals surface area contributed by atoms with Gasteiger partial charge in [0.15, 0.2) is 0 Å². The van der Waals surface area contributed by atoms with E-state index >= 15 is 0 Å². The van der Waals surface area contributed by atoms with Gasteiger partial charge in [-0.05, 0) is 31.4 Å². The monoisotopic (exact) mass is 209 g/mol. The number of unbranched alkanes of at least 4 members (excludes halogenated alkanes) is 3. The van der Waals surface area contributed by atoms with Crippen molar-refractivity contribution in [2.24, 2.45) is 0 Å². The van der Waals surface area contributed by atoms with Crippen LogP contribution in [0.25, 0.3) is 0 Å². The van der Waals surface area contributed by atoms with E-state index in [0.29, 0.717) is 0 Å². The van der Waals surface area contributed by atoms with Gasteiger partial charge in [0.25, 0.3) is 5.56 Å². The molecule has 0 spiro atoms. The van der Waals surface area contributed by atoms with Gasteiger partial charge in [-0.1, -0.05) is 12.8 Å². The molecule has 0 aliphatic carbocycles. The zero-order valence-corrected chi connectivity index (χ0v) is 9.28. The van der Waals surface area contributed by atoms with Crippen LogP contribution in [-0.4, -0.2) is 16.3 Å². The van der Waals surface area contributed by atoms with Gasteiger partial charge >= 0.3 is 0 Å². The molecule has 0 bridgehead atoms. The average Bonchev–Trinajstić information content (AvgIpc) is 2.20. The second kappa shape index (κ2) is 6.40. The van der Waals surface area contributed by atoms with Gasteiger partial charge in [0.05, 0.1) is 0 Å². The first-order chi connectivity index (χ1) is 7.24. The number of rotatable bonds is 6. The molecule has 0 atom stereocenters. The van der Waals surface area contributed by atoms with Crippen LogP contribution in [0.4, 0.5) is 0 Å². The minimum Gasteiger partial charge on any atom is -0.396 e. The van der Waals surface area contributed by atoms with Crippen LogP contribution in [0.2, 0.25) is 0 Å². The Balaban J connectivity index is 2.34. The van der Waals surface area contributed by atoms with Gasteiger partial charge in [-0.2, -0.15) is 0 Å². The van der Waals surface area contributed by atoms with Crippen molar-refractivity contribution < 1.29 is 5.11 Å². The first kappa shape index (κ1) is 12.0. The first-order valence-electron chi connectivity index (χ1n) is 5.52. The molecule has 1 N–H and O–H groups in total. The van der Waals surface area contributed by atoms with E-state index in [2.05, 4.69) is 0 Å². The van der Waals surface area contributed by atoms with Gasteiger partial charge in [-0.3, -0.25) is 4.79 Å². The van der Waals surface area contributed by atoms with Crippen molar-refractivity contribution in [3.63, 3.8) is 0 Å². The van der Waals surface area contributed by atoms with Crippen molar-refractivity contribution in [3.05, 3.63) is 34.2 Å². The van der Waals surface area contributed by atoms with Crippen LogP contribution >= 0.6 is 0 Å². The molecule has 0 saturated carbocycles. The van der Waals surface area contributed by atoms with Crippen LogP contribution in [0, 0.1) is 6.92 Å². The highest BCUT2D eigenvalue weighted by Gasteiger charge is 1.95. The van der Waals surface area contributed by atoms with E-state index in [1.165, 1.54) is 0 Å². The SMILES string of the molecule is Cc1ccn(CCCCCCO)c(=O)c1. The topological polar surface area (TPSA) is 42.2 Å². The third-order valence-corrected chi connectivity index (χ3v) is 2.46. The highest BCUT2D eigenvalue weighted by atomic mass is 16.2. The van der Waals surface area contributed by atoms with Gasteiger partial charge in [-0.15, -0.1) is 0 Å². The normalized spacial score (nSPS) is 10.5. The molecule has 3 heteroatoms. The van der Waals surface area contributed by atoms with Gasteiger partial charge in [0, 0.05) is 25.4 Å². The van der Waals surface area contributed by atoms with Crippen molar-refractivity contribution in [3.8, 4) is 0 Å². The Hall–Kier alpha value is -1.09. The van der Waals surface area contributed by atoms with Crippen molar-refractivity contribution >= 4 is 0 Å². The highest BCUT2D eigenvalue weighted by Crippen LogP contribution is 2.01. The summed E-state index contributed by atoms with van der Waals surface area (Å²) in [5, 5.41) is 8.60. The van der Waals surface area contributed by atoms with Crippen molar-refractivity contribution in [2.75, 3.05) is 6.61 Å². The Bertz CT molecular complexity index is 344. The minimum absolute atomic E-state index is 0.0807. The van der Waals surface area contributed by atoms with Crippen molar-refractivity contribution in [1.29, 1.82) is 0 Å². The number of aryl methyl sites for hydroxylation is 2. The Morgan fingerprint density at radius 2 is 2.00 bits per heavy atom. The van der Waals surface area contributed by atoms with E-state index in [1.54, 1.807) is 10.6 Å². The molecule has 1 aromatic rings. The number of hydrogen-bond acceptors (Lipinski definition) is 2. The molecule has 3 nitrogen and oxygen atoms in total. The maximum atomic E-state index is 11.5. The molecule has 0 fully saturated rings. The fourth-order valence-corrected chi connectivity index (χ4v) is 1.54. The molecular weight excluding hydrogens is 190 g/mol. The third kappa shape index (κ3) is 4.30. The number of pyridine rings is 1. The van der Waals surface area contributed by atoms with E-state index < -0.39 is 0 Å². The Morgan fingerprint density at radius 1 is 1.27 bits per heavy atom. The van der Waals surface area contributed by atoms with Gasteiger partial charge in [0.2, 0.25) is 0 Å². The van der Waals surface area contributed by atoms with E-state index in [-0.39, 0.29) is 12.2 Å². The number of hydrogen-bond donors (Lipinski definition) is 1.